The number of nitrogens with zero attached hydrogens (tertiary/aromatic N) is 2. The maximum absolute atomic E-state index is 2.51. The first-order valence-corrected chi connectivity index (χ1v) is 16.9. The highest BCUT2D eigenvalue weighted by Gasteiger charge is 2.21. The summed E-state index contributed by atoms with van der Waals surface area (Å²) in [5.41, 5.74) is 12.5. The highest BCUT2D eigenvalue weighted by Crippen LogP contribution is 2.46. The smallest absolute Gasteiger partial charge is 0.0728 e. The van der Waals surface area contributed by atoms with Crippen molar-refractivity contribution < 1.29 is 0 Å². The van der Waals surface area contributed by atoms with E-state index in [1.165, 1.54) is 97.2 Å². The van der Waals surface area contributed by atoms with Gasteiger partial charge in [-0.1, -0.05) is 109 Å². The molecule has 47 heavy (non-hydrogen) atoms. The van der Waals surface area contributed by atoms with Crippen LogP contribution in [-0.4, -0.2) is 8.97 Å². The molecule has 0 spiro atoms. The molecule has 0 atom stereocenters. The summed E-state index contributed by atoms with van der Waals surface area (Å²) in [6.45, 7) is 0. The van der Waals surface area contributed by atoms with E-state index in [9.17, 15) is 0 Å². The van der Waals surface area contributed by atoms with Crippen molar-refractivity contribution in [1.82, 2.24) is 8.97 Å². The fraction of sp³-hybridized carbons (Fsp3) is 0. The predicted octanol–water partition coefficient (Wildman–Crippen LogP) is 12.5. The molecule has 218 valence electrons. The van der Waals surface area contributed by atoms with Gasteiger partial charge in [-0.3, -0.25) is 0 Å². The first kappa shape index (κ1) is 25.3. The number of para-hydroxylation sites is 2. The van der Waals surface area contributed by atoms with Gasteiger partial charge in [-0.2, -0.15) is 0 Å². The minimum atomic E-state index is 1.17. The summed E-state index contributed by atoms with van der Waals surface area (Å²) >= 11 is 1.91. The summed E-state index contributed by atoms with van der Waals surface area (Å²) in [4.78, 5) is 0. The van der Waals surface area contributed by atoms with Gasteiger partial charge in [0.05, 0.1) is 32.3 Å². The van der Waals surface area contributed by atoms with Crippen LogP contribution < -0.4 is 0 Å². The average molecular weight is 615 g/mol. The second-order valence-electron chi connectivity index (χ2n) is 12.5. The van der Waals surface area contributed by atoms with Gasteiger partial charge in [0, 0.05) is 42.7 Å². The first-order chi connectivity index (χ1) is 23.3. The highest BCUT2D eigenvalue weighted by atomic mass is 32.1. The topological polar surface area (TPSA) is 9.34 Å². The molecule has 3 heteroatoms. The Morgan fingerprint density at radius 1 is 0.362 bits per heavy atom. The molecule has 0 aliphatic heterocycles. The van der Waals surface area contributed by atoms with Crippen LogP contribution in [0.4, 0.5) is 0 Å². The molecule has 0 unspecified atom stereocenters. The van der Waals surface area contributed by atoms with E-state index in [1.807, 2.05) is 11.3 Å². The van der Waals surface area contributed by atoms with E-state index in [0.29, 0.717) is 0 Å². The van der Waals surface area contributed by atoms with Crippen LogP contribution in [0.5, 0.6) is 0 Å². The Balaban J connectivity index is 1.12. The number of hydrogen-bond acceptors (Lipinski definition) is 1. The van der Waals surface area contributed by atoms with Crippen molar-refractivity contribution in [3.8, 4) is 27.9 Å². The molecule has 11 aromatic rings. The van der Waals surface area contributed by atoms with Crippen molar-refractivity contribution in [1.29, 1.82) is 0 Å². The minimum absolute atomic E-state index is 1.17. The van der Waals surface area contributed by atoms with Crippen LogP contribution in [-0.2, 0) is 0 Å². The van der Waals surface area contributed by atoms with Crippen molar-refractivity contribution in [2.45, 2.75) is 0 Å². The number of aromatic nitrogens is 2. The number of benzene rings is 7. The number of rotatable bonds is 3. The van der Waals surface area contributed by atoms with E-state index >= 15 is 0 Å². The summed E-state index contributed by atoms with van der Waals surface area (Å²) in [7, 11) is 0. The molecule has 2 nitrogen and oxygen atoms in total. The quantitative estimate of drug-likeness (QED) is 0.187. The number of thiophene rings is 1. The maximum Gasteiger partial charge on any atom is 0.0728 e. The summed E-state index contributed by atoms with van der Waals surface area (Å²) in [6, 6.07) is 58.0. The molecule has 0 saturated heterocycles. The van der Waals surface area contributed by atoms with Crippen molar-refractivity contribution in [2.75, 3.05) is 0 Å². The van der Waals surface area contributed by atoms with Crippen molar-refractivity contribution in [3.63, 3.8) is 0 Å². The second kappa shape index (κ2) is 9.32. The van der Waals surface area contributed by atoms with Crippen molar-refractivity contribution >= 4 is 80.6 Å². The van der Waals surface area contributed by atoms with Crippen molar-refractivity contribution in [3.05, 3.63) is 158 Å². The van der Waals surface area contributed by atoms with Crippen LogP contribution in [0.25, 0.3) is 97.2 Å². The molecule has 0 aliphatic carbocycles. The monoisotopic (exact) mass is 614 g/mol. The molecule has 0 saturated carbocycles. The Morgan fingerprint density at radius 3 is 1.85 bits per heavy atom. The van der Waals surface area contributed by atoms with Gasteiger partial charge in [0.2, 0.25) is 0 Å². The van der Waals surface area contributed by atoms with E-state index in [0.717, 1.165) is 0 Å². The summed E-state index contributed by atoms with van der Waals surface area (Å²) < 4.78 is 7.65. The predicted molar refractivity (Wildman–Crippen MR) is 202 cm³/mol. The van der Waals surface area contributed by atoms with Crippen LogP contribution in [0.2, 0.25) is 0 Å². The van der Waals surface area contributed by atoms with Gasteiger partial charge >= 0.3 is 0 Å². The van der Waals surface area contributed by atoms with E-state index in [2.05, 4.69) is 167 Å². The van der Waals surface area contributed by atoms with Gasteiger partial charge in [-0.25, -0.2) is 0 Å². The van der Waals surface area contributed by atoms with Gasteiger partial charge in [0.15, 0.2) is 0 Å². The molecule has 0 N–H and O–H groups in total. The van der Waals surface area contributed by atoms with Crippen LogP contribution in [0.1, 0.15) is 0 Å². The Hall–Kier alpha value is -5.90. The van der Waals surface area contributed by atoms with E-state index in [1.54, 1.807) is 0 Å². The molecular formula is C44H26N2S. The SMILES string of the molecule is c1ccc(-c2cccc(-n3c4ccccc4c4cc(-c5ccc6c(c5)c5cccc7c8sc9ccccc9c8n6c57)ccc43)c2)cc1. The Bertz CT molecular complexity index is 3010. The van der Waals surface area contributed by atoms with E-state index in [-0.39, 0.29) is 0 Å². The highest BCUT2D eigenvalue weighted by molar-refractivity contribution is 7.26. The molecular weight excluding hydrogens is 589 g/mol. The fourth-order valence-electron chi connectivity index (χ4n) is 7.99. The number of fused-ring (bicyclic) bond motifs is 11. The fourth-order valence-corrected chi connectivity index (χ4v) is 9.20. The van der Waals surface area contributed by atoms with E-state index < -0.39 is 0 Å². The lowest BCUT2D eigenvalue weighted by Gasteiger charge is -2.11. The zero-order valence-corrected chi connectivity index (χ0v) is 26.1. The molecule has 11 rings (SSSR count). The van der Waals surface area contributed by atoms with Crippen LogP contribution in [0.15, 0.2) is 158 Å². The molecule has 0 fully saturated rings. The largest absolute Gasteiger partial charge is 0.309 e. The Morgan fingerprint density at radius 2 is 0.979 bits per heavy atom. The van der Waals surface area contributed by atoms with Crippen LogP contribution in [0, 0.1) is 0 Å². The average Bonchev–Trinajstić information content (AvgIpc) is 3.86. The third-order valence-corrected chi connectivity index (χ3v) is 11.2. The Labute approximate surface area is 274 Å². The minimum Gasteiger partial charge on any atom is -0.309 e. The van der Waals surface area contributed by atoms with Crippen LogP contribution in [0.3, 0.4) is 0 Å². The van der Waals surface area contributed by atoms with Crippen LogP contribution >= 0.6 is 11.3 Å². The second-order valence-corrected chi connectivity index (χ2v) is 13.6. The van der Waals surface area contributed by atoms with Gasteiger partial charge in [0.25, 0.3) is 0 Å². The lowest BCUT2D eigenvalue weighted by molar-refractivity contribution is 1.18. The summed E-state index contributed by atoms with van der Waals surface area (Å²) in [6.07, 6.45) is 0. The van der Waals surface area contributed by atoms with Gasteiger partial charge < -0.3 is 8.97 Å². The first-order valence-electron chi connectivity index (χ1n) is 16.1. The molecule has 7 aromatic carbocycles. The third-order valence-electron chi connectivity index (χ3n) is 10.0. The molecule has 0 bridgehead atoms. The standard InChI is InChI=1S/C44H26N2S/c1-2-10-27(11-3-1)28-12-8-13-31(24-28)45-38-18-6-4-14-32(38)36-25-29(20-22-39(36)45)30-21-23-40-37(26-30)33-16-9-17-35-42(33)46(40)43-34-15-5-7-19-41(34)47-44(35)43/h1-26H. The summed E-state index contributed by atoms with van der Waals surface area (Å²) in [5.74, 6) is 0. The zero-order valence-electron chi connectivity index (χ0n) is 25.3. The lowest BCUT2D eigenvalue weighted by Crippen LogP contribution is -1.94. The van der Waals surface area contributed by atoms with Gasteiger partial charge in [0.1, 0.15) is 0 Å². The molecule has 4 aromatic heterocycles. The number of hydrogen-bond donors (Lipinski definition) is 0. The molecule has 0 radical (unpaired) electrons. The van der Waals surface area contributed by atoms with Crippen molar-refractivity contribution in [2.24, 2.45) is 0 Å². The third kappa shape index (κ3) is 3.44. The summed E-state index contributed by atoms with van der Waals surface area (Å²) in [5, 5.41) is 7.85. The molecule has 0 amide bonds. The van der Waals surface area contributed by atoms with E-state index in [4.69, 9.17) is 0 Å². The maximum atomic E-state index is 2.51. The Kier molecular flexibility index (Phi) is 5.02. The zero-order chi connectivity index (χ0) is 30.6. The van der Waals surface area contributed by atoms with Gasteiger partial charge in [-0.15, -0.1) is 11.3 Å². The lowest BCUT2D eigenvalue weighted by atomic mass is 10.0. The molecule has 0 aliphatic rings. The normalized spacial score (nSPS) is 12.3. The van der Waals surface area contributed by atoms with Gasteiger partial charge in [-0.05, 0) is 70.8 Å². The molecule has 4 heterocycles.